The van der Waals surface area contributed by atoms with E-state index in [0.29, 0.717) is 22.7 Å². The number of carbonyl (C=O) groups is 3. The van der Waals surface area contributed by atoms with Gasteiger partial charge >= 0.3 is 11.9 Å². The summed E-state index contributed by atoms with van der Waals surface area (Å²) in [5.74, 6) is -2.16. The molecule has 174 valence electrons. The molecule has 2 aromatic carbocycles. The molecule has 3 aromatic rings. The van der Waals surface area contributed by atoms with Gasteiger partial charge in [-0.3, -0.25) is 14.5 Å². The van der Waals surface area contributed by atoms with E-state index >= 15 is 0 Å². The number of aryl methyl sites for hydroxylation is 1. The smallest absolute Gasteiger partial charge is 0.350 e. The summed E-state index contributed by atoms with van der Waals surface area (Å²) in [6.45, 7) is 5.78. The number of ether oxygens (including phenoxy) is 1. The van der Waals surface area contributed by atoms with Crippen molar-refractivity contribution in [2.24, 2.45) is 0 Å². The summed E-state index contributed by atoms with van der Waals surface area (Å²) in [6.07, 6.45) is 0. The van der Waals surface area contributed by atoms with E-state index in [1.807, 2.05) is 24.3 Å². The van der Waals surface area contributed by atoms with Crippen molar-refractivity contribution in [3.63, 3.8) is 0 Å². The van der Waals surface area contributed by atoms with Crippen LogP contribution in [0.1, 0.15) is 57.9 Å². The number of nitrogens with zero attached hydrogens (tertiary/aromatic N) is 2. The number of amides is 1. The minimum Gasteiger partial charge on any atom is -0.507 e. The number of anilines is 1. The molecule has 8 heteroatoms. The van der Waals surface area contributed by atoms with Crippen LogP contribution in [0.15, 0.2) is 60.2 Å². The Morgan fingerprint density at radius 3 is 2.32 bits per heavy atom. The molecule has 0 spiro atoms. The number of methoxy groups -OCH3 is 1. The minimum absolute atomic E-state index is 0.0269. The summed E-state index contributed by atoms with van der Waals surface area (Å²) < 4.78 is 4.82. The molecule has 1 aliphatic heterocycles. The van der Waals surface area contributed by atoms with Gasteiger partial charge in [0.25, 0.3) is 5.78 Å². The van der Waals surface area contributed by atoms with E-state index in [1.165, 1.54) is 12.0 Å². The molecule has 0 saturated carbocycles. The summed E-state index contributed by atoms with van der Waals surface area (Å²) in [4.78, 5) is 44.5. The number of carbonyl (C=O) groups excluding carboxylic acids is 3. The lowest BCUT2D eigenvalue weighted by Crippen LogP contribution is -2.29. The van der Waals surface area contributed by atoms with Gasteiger partial charge in [0.2, 0.25) is 0 Å². The molecular weight excluding hydrogens is 452 g/mol. The van der Waals surface area contributed by atoms with E-state index in [4.69, 9.17) is 4.74 Å². The second-order valence-corrected chi connectivity index (χ2v) is 9.24. The second kappa shape index (κ2) is 9.23. The van der Waals surface area contributed by atoms with Gasteiger partial charge in [0.15, 0.2) is 5.13 Å². The Labute approximate surface area is 201 Å². The highest BCUT2D eigenvalue weighted by Crippen LogP contribution is 2.44. The van der Waals surface area contributed by atoms with Gasteiger partial charge in [0.05, 0.1) is 24.4 Å². The van der Waals surface area contributed by atoms with Crippen LogP contribution in [0.4, 0.5) is 5.13 Å². The van der Waals surface area contributed by atoms with Gasteiger partial charge in [-0.15, -0.1) is 0 Å². The Hall–Kier alpha value is -3.78. The number of hydrogen-bond donors (Lipinski definition) is 1. The molecule has 7 nitrogen and oxygen atoms in total. The van der Waals surface area contributed by atoms with Crippen molar-refractivity contribution >= 4 is 39.9 Å². The van der Waals surface area contributed by atoms with E-state index < -0.39 is 23.7 Å². The first-order valence-electron chi connectivity index (χ1n) is 10.8. The van der Waals surface area contributed by atoms with Crippen molar-refractivity contribution < 1.29 is 24.2 Å². The third-order valence-corrected chi connectivity index (χ3v) is 6.91. The minimum atomic E-state index is -0.905. The second-order valence-electron chi connectivity index (χ2n) is 8.26. The fraction of sp³-hybridized carbons (Fsp3) is 0.231. The summed E-state index contributed by atoms with van der Waals surface area (Å²) in [6, 6.07) is 15.3. The molecule has 0 radical (unpaired) electrons. The lowest BCUT2D eigenvalue weighted by molar-refractivity contribution is -0.132. The molecule has 1 aromatic heterocycles. The first-order valence-corrected chi connectivity index (χ1v) is 11.6. The Morgan fingerprint density at radius 2 is 1.74 bits per heavy atom. The molecular formula is C26H24N2O5S. The van der Waals surface area contributed by atoms with E-state index in [9.17, 15) is 19.5 Å². The first-order chi connectivity index (χ1) is 16.2. The van der Waals surface area contributed by atoms with Crippen LogP contribution in [0.5, 0.6) is 0 Å². The number of benzene rings is 2. The van der Waals surface area contributed by atoms with Crippen LogP contribution in [0, 0.1) is 6.92 Å². The number of rotatable bonds is 5. The van der Waals surface area contributed by atoms with Crippen molar-refractivity contribution in [1.29, 1.82) is 0 Å². The van der Waals surface area contributed by atoms with Gasteiger partial charge in [-0.25, -0.2) is 9.78 Å². The Kier molecular flexibility index (Phi) is 6.34. The third-order valence-electron chi connectivity index (χ3n) is 5.77. The molecule has 1 atom stereocenters. The predicted molar refractivity (Wildman–Crippen MR) is 130 cm³/mol. The Bertz CT molecular complexity index is 1290. The summed E-state index contributed by atoms with van der Waals surface area (Å²) in [7, 11) is 1.27. The lowest BCUT2D eigenvalue weighted by atomic mass is 9.93. The SMILES string of the molecule is COC(=O)c1sc(N2C(=O)C(=O)C(=C(O)c3ccccc3)[C@H]2c2ccc(C(C)C)cc2)nc1C. The average Bonchev–Trinajstić information content (AvgIpc) is 3.35. The number of esters is 1. The summed E-state index contributed by atoms with van der Waals surface area (Å²) >= 11 is 0.974. The zero-order chi connectivity index (χ0) is 24.6. The maximum Gasteiger partial charge on any atom is 0.350 e. The maximum absolute atomic E-state index is 13.3. The molecule has 1 fully saturated rings. The van der Waals surface area contributed by atoms with Gasteiger partial charge in [-0.1, -0.05) is 79.8 Å². The van der Waals surface area contributed by atoms with E-state index in [1.54, 1.807) is 37.3 Å². The molecule has 1 amide bonds. The van der Waals surface area contributed by atoms with Gasteiger partial charge in [0.1, 0.15) is 10.6 Å². The van der Waals surface area contributed by atoms with Gasteiger partial charge in [0, 0.05) is 5.56 Å². The average molecular weight is 477 g/mol. The molecule has 0 bridgehead atoms. The summed E-state index contributed by atoms with van der Waals surface area (Å²) in [5, 5.41) is 11.3. The highest BCUT2D eigenvalue weighted by atomic mass is 32.1. The molecule has 0 aliphatic carbocycles. The Balaban J connectivity index is 1.92. The number of Topliss-reactive ketones (excluding diaryl/α,β-unsaturated/α-hetero) is 1. The standard InChI is InChI=1S/C26H24N2O5S/c1-14(2)16-10-12-17(13-11-16)20-19(21(29)18-8-6-5-7-9-18)22(30)24(31)28(20)26-27-15(3)23(34-26)25(32)33-4/h5-14,20,29H,1-4H3/t20-/m1/s1. The van der Waals surface area contributed by atoms with E-state index in [2.05, 4.69) is 18.8 Å². The first kappa shape index (κ1) is 23.4. The number of ketones is 1. The number of aliphatic hydroxyl groups excluding tert-OH is 1. The van der Waals surface area contributed by atoms with Gasteiger partial charge in [-0.2, -0.15) is 0 Å². The molecule has 0 unspecified atom stereocenters. The highest BCUT2D eigenvalue weighted by Gasteiger charge is 2.48. The van der Waals surface area contributed by atoms with Crippen molar-refractivity contribution in [3.05, 3.63) is 87.4 Å². The molecule has 34 heavy (non-hydrogen) atoms. The molecule has 1 N–H and O–H groups in total. The van der Waals surface area contributed by atoms with Crippen LogP contribution in [0.2, 0.25) is 0 Å². The number of thiazole rings is 1. The molecule has 1 saturated heterocycles. The maximum atomic E-state index is 13.3. The van der Waals surface area contributed by atoms with Crippen LogP contribution >= 0.6 is 11.3 Å². The predicted octanol–water partition coefficient (Wildman–Crippen LogP) is 4.99. The van der Waals surface area contributed by atoms with Gasteiger partial charge in [-0.05, 0) is 24.0 Å². The largest absolute Gasteiger partial charge is 0.507 e. The number of aromatic nitrogens is 1. The quantitative estimate of drug-likeness (QED) is 0.241. The monoisotopic (exact) mass is 476 g/mol. The fourth-order valence-corrected chi connectivity index (χ4v) is 4.94. The molecule has 1 aliphatic rings. The van der Waals surface area contributed by atoms with Crippen LogP contribution in [0.25, 0.3) is 5.76 Å². The number of aliphatic hydroxyl groups is 1. The molecule has 2 heterocycles. The van der Waals surface area contributed by atoms with Crippen LogP contribution in [-0.2, 0) is 14.3 Å². The zero-order valence-electron chi connectivity index (χ0n) is 19.2. The van der Waals surface area contributed by atoms with Crippen molar-refractivity contribution in [1.82, 2.24) is 4.98 Å². The topological polar surface area (TPSA) is 96.8 Å². The number of hydrogen-bond acceptors (Lipinski definition) is 7. The lowest BCUT2D eigenvalue weighted by Gasteiger charge is -2.23. The zero-order valence-corrected chi connectivity index (χ0v) is 20.1. The van der Waals surface area contributed by atoms with Crippen molar-refractivity contribution in [2.45, 2.75) is 32.7 Å². The van der Waals surface area contributed by atoms with E-state index in [-0.39, 0.29) is 21.3 Å². The van der Waals surface area contributed by atoms with Gasteiger partial charge < -0.3 is 9.84 Å². The third kappa shape index (κ3) is 4.01. The van der Waals surface area contributed by atoms with Crippen molar-refractivity contribution in [2.75, 3.05) is 12.0 Å². The summed E-state index contributed by atoms with van der Waals surface area (Å²) in [5.41, 5.74) is 2.54. The van der Waals surface area contributed by atoms with E-state index in [0.717, 1.165) is 16.9 Å². The fourth-order valence-electron chi connectivity index (χ4n) is 3.93. The normalized spacial score (nSPS) is 17.4. The van der Waals surface area contributed by atoms with Crippen molar-refractivity contribution in [3.8, 4) is 0 Å². The van der Waals surface area contributed by atoms with Crippen LogP contribution in [0.3, 0.4) is 0 Å². The van der Waals surface area contributed by atoms with Crippen LogP contribution < -0.4 is 4.90 Å². The van der Waals surface area contributed by atoms with Crippen LogP contribution in [-0.4, -0.2) is 34.9 Å². The molecule has 4 rings (SSSR count). The highest BCUT2D eigenvalue weighted by molar-refractivity contribution is 7.17. The Morgan fingerprint density at radius 1 is 1.09 bits per heavy atom.